The number of aromatic nitrogens is 3. The van der Waals surface area contributed by atoms with E-state index in [0.717, 1.165) is 61.6 Å². The molecule has 4 aromatic rings. The van der Waals surface area contributed by atoms with Crippen molar-refractivity contribution in [1.82, 2.24) is 15.0 Å². The summed E-state index contributed by atoms with van der Waals surface area (Å²) in [5.74, 6) is 2.85. The van der Waals surface area contributed by atoms with Crippen LogP contribution in [0.1, 0.15) is 12.5 Å². The van der Waals surface area contributed by atoms with E-state index in [4.69, 9.17) is 14.7 Å². The minimum Gasteiger partial charge on any atom is -0.378 e. The molecule has 0 aliphatic carbocycles. The summed E-state index contributed by atoms with van der Waals surface area (Å²) in [5.41, 5.74) is 3.32. The summed E-state index contributed by atoms with van der Waals surface area (Å²) < 4.78 is 5.60. The fourth-order valence-electron chi connectivity index (χ4n) is 5.36. The van der Waals surface area contributed by atoms with E-state index in [1.807, 2.05) is 12.3 Å². The molecular formula is C29H32N6O. The Balaban J connectivity index is 1.38. The van der Waals surface area contributed by atoms with Crippen molar-refractivity contribution < 1.29 is 4.74 Å². The lowest BCUT2D eigenvalue weighted by molar-refractivity contribution is 0.122. The number of anilines is 3. The summed E-state index contributed by atoms with van der Waals surface area (Å²) in [7, 11) is 0. The number of benzene rings is 2. The monoisotopic (exact) mass is 480 g/mol. The average Bonchev–Trinajstić information content (AvgIpc) is 2.93. The third-order valence-corrected chi connectivity index (χ3v) is 7.26. The van der Waals surface area contributed by atoms with E-state index in [-0.39, 0.29) is 6.04 Å². The Bertz CT molecular complexity index is 1360. The molecule has 1 atom stereocenters. The van der Waals surface area contributed by atoms with Crippen molar-refractivity contribution in [2.24, 2.45) is 0 Å². The van der Waals surface area contributed by atoms with Crippen molar-refractivity contribution in [3.8, 4) is 11.3 Å². The summed E-state index contributed by atoms with van der Waals surface area (Å²) in [6.07, 6.45) is 1.88. The van der Waals surface area contributed by atoms with Gasteiger partial charge in [-0.1, -0.05) is 48.5 Å². The molecule has 7 nitrogen and oxygen atoms in total. The number of pyridine rings is 1. The lowest BCUT2D eigenvalue weighted by Gasteiger charge is -2.41. The summed E-state index contributed by atoms with van der Waals surface area (Å²) in [5, 5.41) is 2.43. The number of morpholine rings is 1. The Hall–Kier alpha value is -3.71. The highest BCUT2D eigenvalue weighted by atomic mass is 16.5. The number of nitrogens with zero attached hydrogens (tertiary/aromatic N) is 6. The molecule has 184 valence electrons. The molecule has 2 aromatic heterocycles. The first kappa shape index (κ1) is 22.7. The van der Waals surface area contributed by atoms with Gasteiger partial charge in [-0.15, -0.1) is 0 Å². The Morgan fingerprint density at radius 1 is 0.861 bits per heavy atom. The van der Waals surface area contributed by atoms with Crippen molar-refractivity contribution in [2.75, 3.05) is 60.6 Å². The predicted octanol–water partition coefficient (Wildman–Crippen LogP) is 4.55. The molecule has 4 heterocycles. The van der Waals surface area contributed by atoms with Crippen LogP contribution in [0.5, 0.6) is 0 Å². The van der Waals surface area contributed by atoms with Crippen LogP contribution in [0.25, 0.3) is 22.0 Å². The van der Waals surface area contributed by atoms with Crippen molar-refractivity contribution >= 4 is 28.4 Å². The van der Waals surface area contributed by atoms with Crippen LogP contribution in [-0.2, 0) is 4.74 Å². The van der Waals surface area contributed by atoms with Crippen LogP contribution >= 0.6 is 0 Å². The van der Waals surface area contributed by atoms with Crippen molar-refractivity contribution in [2.45, 2.75) is 19.9 Å². The number of piperazine rings is 1. The number of hydrogen-bond acceptors (Lipinski definition) is 7. The number of hydrogen-bond donors (Lipinski definition) is 0. The van der Waals surface area contributed by atoms with Crippen LogP contribution in [-0.4, -0.2) is 66.9 Å². The lowest BCUT2D eigenvalue weighted by atomic mass is 10.0. The Morgan fingerprint density at radius 3 is 2.53 bits per heavy atom. The van der Waals surface area contributed by atoms with Crippen molar-refractivity contribution in [1.29, 1.82) is 0 Å². The number of fused-ring (bicyclic) bond motifs is 1. The summed E-state index contributed by atoms with van der Waals surface area (Å²) >= 11 is 0. The molecule has 0 bridgehead atoms. The second-order valence-electron chi connectivity index (χ2n) is 9.67. The second kappa shape index (κ2) is 9.74. The van der Waals surface area contributed by atoms with Gasteiger partial charge in [0.05, 0.1) is 18.9 Å². The number of rotatable bonds is 4. The van der Waals surface area contributed by atoms with E-state index >= 15 is 0 Å². The van der Waals surface area contributed by atoms with Gasteiger partial charge in [0.25, 0.3) is 0 Å². The zero-order chi connectivity index (χ0) is 24.5. The summed E-state index contributed by atoms with van der Waals surface area (Å²) in [6, 6.07) is 21.5. The molecule has 0 saturated carbocycles. The third-order valence-electron chi connectivity index (χ3n) is 7.26. The molecule has 2 aliphatic rings. The number of ether oxygens (including phenoxy) is 1. The van der Waals surface area contributed by atoms with E-state index in [0.29, 0.717) is 13.2 Å². The van der Waals surface area contributed by atoms with Gasteiger partial charge >= 0.3 is 0 Å². The van der Waals surface area contributed by atoms with Gasteiger partial charge in [0.15, 0.2) is 0 Å². The molecule has 0 amide bonds. The molecular weight excluding hydrogens is 448 g/mol. The molecule has 7 heteroatoms. The summed E-state index contributed by atoms with van der Waals surface area (Å²) in [6.45, 7) is 10.1. The molecule has 2 aliphatic heterocycles. The first-order valence-electron chi connectivity index (χ1n) is 12.8. The summed E-state index contributed by atoms with van der Waals surface area (Å²) in [4.78, 5) is 21.9. The molecule has 0 unspecified atom stereocenters. The maximum absolute atomic E-state index is 5.60. The molecule has 2 fully saturated rings. The largest absolute Gasteiger partial charge is 0.378 e. The molecule has 0 spiro atoms. The van der Waals surface area contributed by atoms with E-state index in [9.17, 15) is 0 Å². The van der Waals surface area contributed by atoms with E-state index < -0.39 is 0 Å². The maximum atomic E-state index is 5.60. The Morgan fingerprint density at radius 2 is 1.69 bits per heavy atom. The normalized spacial score (nSPS) is 18.6. The zero-order valence-electron chi connectivity index (χ0n) is 21.0. The molecule has 2 aromatic carbocycles. The van der Waals surface area contributed by atoms with Gasteiger partial charge in [-0.25, -0.2) is 9.97 Å². The van der Waals surface area contributed by atoms with Gasteiger partial charge in [0.2, 0.25) is 5.95 Å². The van der Waals surface area contributed by atoms with Gasteiger partial charge < -0.3 is 19.4 Å². The second-order valence-corrected chi connectivity index (χ2v) is 9.67. The molecule has 0 radical (unpaired) electrons. The standard InChI is InChI=1S/C29H32N6O/c1-21-7-6-12-30-28(21)34-13-14-35(22(2)20-34)27-19-26(31-29(32-27)33-15-17-36-18-16-33)25-11-5-9-23-8-3-4-10-24(23)25/h3-12,19,22H,13-18,20H2,1-2H3/t22-/m1/s1. The minimum atomic E-state index is 0.285. The van der Waals surface area contributed by atoms with Crippen LogP contribution in [0.4, 0.5) is 17.6 Å². The Kier molecular flexibility index (Phi) is 6.15. The highest BCUT2D eigenvalue weighted by molar-refractivity contribution is 5.96. The van der Waals surface area contributed by atoms with E-state index in [2.05, 4.69) is 88.1 Å². The maximum Gasteiger partial charge on any atom is 0.228 e. The quantitative estimate of drug-likeness (QED) is 0.425. The number of aryl methyl sites for hydroxylation is 1. The van der Waals surface area contributed by atoms with E-state index in [1.54, 1.807) is 0 Å². The zero-order valence-corrected chi connectivity index (χ0v) is 21.0. The van der Waals surface area contributed by atoms with Crippen LogP contribution in [0.2, 0.25) is 0 Å². The molecule has 36 heavy (non-hydrogen) atoms. The average molecular weight is 481 g/mol. The lowest BCUT2D eigenvalue weighted by Crippen LogP contribution is -2.53. The van der Waals surface area contributed by atoms with Gasteiger partial charge in [-0.3, -0.25) is 0 Å². The molecule has 2 saturated heterocycles. The smallest absolute Gasteiger partial charge is 0.228 e. The SMILES string of the molecule is Cc1cccnc1N1CCN(c2cc(-c3cccc4ccccc34)nc(N3CCOCC3)n2)[C@H](C)C1. The predicted molar refractivity (Wildman–Crippen MR) is 146 cm³/mol. The Labute approximate surface area is 212 Å². The topological polar surface area (TPSA) is 57.6 Å². The van der Waals surface area contributed by atoms with Gasteiger partial charge in [0, 0.05) is 56.6 Å². The van der Waals surface area contributed by atoms with Crippen molar-refractivity contribution in [3.05, 3.63) is 72.4 Å². The fourth-order valence-corrected chi connectivity index (χ4v) is 5.36. The van der Waals surface area contributed by atoms with Crippen LogP contribution < -0.4 is 14.7 Å². The van der Waals surface area contributed by atoms with Gasteiger partial charge in [0.1, 0.15) is 11.6 Å². The van der Waals surface area contributed by atoms with Crippen LogP contribution in [0, 0.1) is 6.92 Å². The molecule has 6 rings (SSSR count). The van der Waals surface area contributed by atoms with Crippen LogP contribution in [0.3, 0.4) is 0 Å². The molecule has 0 N–H and O–H groups in total. The highest BCUT2D eigenvalue weighted by Crippen LogP contribution is 2.32. The first-order chi connectivity index (χ1) is 17.7. The highest BCUT2D eigenvalue weighted by Gasteiger charge is 2.28. The van der Waals surface area contributed by atoms with Gasteiger partial charge in [-0.05, 0) is 36.2 Å². The third kappa shape index (κ3) is 4.35. The van der Waals surface area contributed by atoms with E-state index in [1.165, 1.54) is 16.3 Å². The van der Waals surface area contributed by atoms with Crippen molar-refractivity contribution in [3.63, 3.8) is 0 Å². The van der Waals surface area contributed by atoms with Crippen LogP contribution in [0.15, 0.2) is 66.9 Å². The first-order valence-corrected chi connectivity index (χ1v) is 12.8. The fraction of sp³-hybridized carbons (Fsp3) is 0.345. The minimum absolute atomic E-state index is 0.285. The van der Waals surface area contributed by atoms with Gasteiger partial charge in [-0.2, -0.15) is 4.98 Å².